The molecule has 0 aliphatic heterocycles. The Morgan fingerprint density at radius 3 is 1.56 bits per heavy atom. The lowest BCUT2D eigenvalue weighted by atomic mass is 10.3. The molecule has 0 saturated carbocycles. The summed E-state index contributed by atoms with van der Waals surface area (Å²) in [5.41, 5.74) is 0. The van der Waals surface area contributed by atoms with E-state index in [0.29, 0.717) is 31.8 Å². The Bertz CT molecular complexity index is 193. The highest BCUT2D eigenvalue weighted by atomic mass is 16.5. The van der Waals surface area contributed by atoms with Crippen molar-refractivity contribution in [2.45, 2.75) is 26.7 Å². The molecule has 0 saturated heterocycles. The lowest BCUT2D eigenvalue weighted by Gasteiger charge is -1.94. The number of ether oxygens (including phenoxy) is 1. The van der Waals surface area contributed by atoms with E-state index in [-0.39, 0.29) is 13.2 Å². The number of carbonyl (C=O) groups excluding carboxylic acids is 1. The van der Waals surface area contributed by atoms with Crippen LogP contribution >= 0.6 is 0 Å². The fourth-order valence-corrected chi connectivity index (χ4v) is 0.481. The first kappa shape index (κ1) is 22.0. The molecule has 6 nitrogen and oxygen atoms in total. The third kappa shape index (κ3) is 36.4. The molecule has 0 spiro atoms. The van der Waals surface area contributed by atoms with Crippen LogP contribution in [-0.2, 0) is 14.3 Å². The maximum atomic E-state index is 10.2. The standard InChI is InChI=1S/C5H10O.C4H10O3.C3H4O2/c1-3-5(6)4-2;5-1-3-7-4-2-6;1-2-3(4)5/h3-4H2,1-2H3;5-6H,1-4H2;2H,1H2,(H,4,5). The van der Waals surface area contributed by atoms with Crippen molar-refractivity contribution < 1.29 is 29.6 Å². The number of aliphatic hydroxyl groups excluding tert-OH is 2. The summed E-state index contributed by atoms with van der Waals surface area (Å²) in [4.78, 5) is 19.4. The first-order chi connectivity index (χ1) is 8.49. The van der Waals surface area contributed by atoms with Gasteiger partial charge >= 0.3 is 5.97 Å². The van der Waals surface area contributed by atoms with E-state index in [2.05, 4.69) is 11.3 Å². The zero-order valence-electron chi connectivity index (χ0n) is 11.1. The number of ketones is 1. The van der Waals surface area contributed by atoms with Gasteiger partial charge in [-0.2, -0.15) is 0 Å². The smallest absolute Gasteiger partial charge is 0.327 e. The molecule has 108 valence electrons. The summed E-state index contributed by atoms with van der Waals surface area (Å²) in [7, 11) is 0. The maximum absolute atomic E-state index is 10.2. The van der Waals surface area contributed by atoms with Crippen LogP contribution in [0.4, 0.5) is 0 Å². The van der Waals surface area contributed by atoms with Crippen LogP contribution in [0, 0.1) is 0 Å². The van der Waals surface area contributed by atoms with Crippen molar-refractivity contribution in [2.24, 2.45) is 0 Å². The predicted octanol–water partition coefficient (Wildman–Crippen LogP) is 0.620. The summed E-state index contributed by atoms with van der Waals surface area (Å²) in [6.07, 6.45) is 2.22. The van der Waals surface area contributed by atoms with E-state index >= 15 is 0 Å². The first-order valence-corrected chi connectivity index (χ1v) is 5.66. The molecular weight excluding hydrogens is 240 g/mol. The zero-order valence-corrected chi connectivity index (χ0v) is 11.1. The number of aliphatic carboxylic acids is 1. The monoisotopic (exact) mass is 264 g/mol. The summed E-state index contributed by atoms with van der Waals surface area (Å²) in [6.45, 7) is 7.42. The number of carbonyl (C=O) groups is 2. The highest BCUT2D eigenvalue weighted by Crippen LogP contribution is 1.83. The van der Waals surface area contributed by atoms with Gasteiger partial charge in [0.05, 0.1) is 26.4 Å². The van der Waals surface area contributed by atoms with E-state index in [1.807, 2.05) is 13.8 Å². The first-order valence-electron chi connectivity index (χ1n) is 5.66. The number of aliphatic hydroxyl groups is 2. The molecule has 0 unspecified atom stereocenters. The van der Waals surface area contributed by atoms with E-state index in [1.54, 1.807) is 0 Å². The van der Waals surface area contributed by atoms with Crippen LogP contribution in [0.15, 0.2) is 12.7 Å². The second-order valence-corrected chi connectivity index (χ2v) is 2.85. The molecular formula is C12H24O6. The summed E-state index contributed by atoms with van der Waals surface area (Å²) in [5.74, 6) is -0.639. The molecule has 6 heteroatoms. The Hall–Kier alpha value is -1.24. The molecule has 0 aromatic heterocycles. The third-order valence-corrected chi connectivity index (χ3v) is 1.43. The molecule has 0 heterocycles. The Labute approximate surface area is 108 Å². The highest BCUT2D eigenvalue weighted by Gasteiger charge is 1.86. The van der Waals surface area contributed by atoms with Crippen molar-refractivity contribution >= 4 is 11.8 Å². The van der Waals surface area contributed by atoms with Gasteiger partial charge in [-0.25, -0.2) is 4.79 Å². The second-order valence-electron chi connectivity index (χ2n) is 2.85. The summed E-state index contributed by atoms with van der Waals surface area (Å²) < 4.78 is 4.63. The van der Waals surface area contributed by atoms with Crippen molar-refractivity contribution in [1.29, 1.82) is 0 Å². The van der Waals surface area contributed by atoms with E-state index in [4.69, 9.17) is 15.3 Å². The van der Waals surface area contributed by atoms with Crippen molar-refractivity contribution in [2.75, 3.05) is 26.4 Å². The summed E-state index contributed by atoms with van der Waals surface area (Å²) in [5, 5.41) is 23.8. The van der Waals surface area contributed by atoms with Crippen LogP contribution in [0.1, 0.15) is 26.7 Å². The number of rotatable bonds is 7. The molecule has 0 aliphatic carbocycles. The third-order valence-electron chi connectivity index (χ3n) is 1.43. The molecule has 0 aromatic rings. The lowest BCUT2D eigenvalue weighted by Crippen LogP contribution is -2.03. The Kier molecular flexibility index (Phi) is 25.8. The minimum absolute atomic E-state index is 0.0278. The van der Waals surface area contributed by atoms with Crippen LogP contribution < -0.4 is 0 Å². The molecule has 0 rings (SSSR count). The van der Waals surface area contributed by atoms with Gasteiger partial charge in [-0.3, -0.25) is 4.79 Å². The van der Waals surface area contributed by atoms with Crippen molar-refractivity contribution in [1.82, 2.24) is 0 Å². The molecule has 0 aromatic carbocycles. The number of carboxylic acid groups (broad SMARTS) is 1. The Balaban J connectivity index is -0.000000190. The van der Waals surface area contributed by atoms with Crippen molar-refractivity contribution in [3.05, 3.63) is 12.7 Å². The van der Waals surface area contributed by atoms with Crippen LogP contribution in [0.25, 0.3) is 0 Å². The molecule has 18 heavy (non-hydrogen) atoms. The SMILES string of the molecule is C=CC(=O)O.CCC(=O)CC.OCCOCCO. The van der Waals surface area contributed by atoms with E-state index < -0.39 is 5.97 Å². The number of Topliss-reactive ketones (excluding diaryl/α,β-unsaturated/α-hetero) is 1. The fourth-order valence-electron chi connectivity index (χ4n) is 0.481. The van der Waals surface area contributed by atoms with Gasteiger partial charge < -0.3 is 20.1 Å². The van der Waals surface area contributed by atoms with Gasteiger partial charge in [0.15, 0.2) is 0 Å². The normalized spacial score (nSPS) is 8.22. The quantitative estimate of drug-likeness (QED) is 0.460. The van der Waals surface area contributed by atoms with Gasteiger partial charge in [-0.05, 0) is 0 Å². The van der Waals surface area contributed by atoms with Crippen LogP contribution in [0.3, 0.4) is 0 Å². The fraction of sp³-hybridized carbons (Fsp3) is 0.667. The molecule has 0 radical (unpaired) electrons. The maximum Gasteiger partial charge on any atom is 0.327 e. The van der Waals surface area contributed by atoms with Gasteiger partial charge in [0.25, 0.3) is 0 Å². The molecule has 0 amide bonds. The highest BCUT2D eigenvalue weighted by molar-refractivity contribution is 5.78. The Morgan fingerprint density at radius 1 is 1.11 bits per heavy atom. The predicted molar refractivity (Wildman–Crippen MR) is 68.4 cm³/mol. The van der Waals surface area contributed by atoms with Gasteiger partial charge in [-0.15, -0.1) is 0 Å². The van der Waals surface area contributed by atoms with Gasteiger partial charge in [0, 0.05) is 18.9 Å². The van der Waals surface area contributed by atoms with Gasteiger partial charge in [-0.1, -0.05) is 20.4 Å². The van der Waals surface area contributed by atoms with E-state index in [0.717, 1.165) is 6.08 Å². The molecule has 0 aliphatic rings. The van der Waals surface area contributed by atoms with Crippen molar-refractivity contribution in [3.63, 3.8) is 0 Å². The van der Waals surface area contributed by atoms with E-state index in [1.165, 1.54) is 0 Å². The topological polar surface area (TPSA) is 104 Å². The van der Waals surface area contributed by atoms with Crippen LogP contribution in [0.2, 0.25) is 0 Å². The Morgan fingerprint density at radius 2 is 1.44 bits per heavy atom. The van der Waals surface area contributed by atoms with Gasteiger partial charge in [0.1, 0.15) is 5.78 Å². The second kappa shape index (κ2) is 21.1. The van der Waals surface area contributed by atoms with E-state index in [9.17, 15) is 9.59 Å². The number of hydrogen-bond acceptors (Lipinski definition) is 5. The average molecular weight is 264 g/mol. The lowest BCUT2D eigenvalue weighted by molar-refractivity contribution is -0.131. The van der Waals surface area contributed by atoms with Gasteiger partial charge in [0.2, 0.25) is 0 Å². The van der Waals surface area contributed by atoms with Crippen LogP contribution in [-0.4, -0.2) is 53.5 Å². The number of carboxylic acids is 1. The largest absolute Gasteiger partial charge is 0.478 e. The molecule has 3 N–H and O–H groups in total. The zero-order chi connectivity index (χ0) is 14.8. The molecule has 0 bridgehead atoms. The summed E-state index contributed by atoms with van der Waals surface area (Å²) >= 11 is 0. The minimum atomic E-state index is -0.981. The van der Waals surface area contributed by atoms with Crippen molar-refractivity contribution in [3.8, 4) is 0 Å². The minimum Gasteiger partial charge on any atom is -0.478 e. The average Bonchev–Trinajstić information content (AvgIpc) is 2.39. The van der Waals surface area contributed by atoms with Crippen LogP contribution in [0.5, 0.6) is 0 Å². The molecule has 0 atom stereocenters. The molecule has 0 fully saturated rings. The summed E-state index contributed by atoms with van der Waals surface area (Å²) in [6, 6.07) is 0. The number of hydrogen-bond donors (Lipinski definition) is 3.